The number of aromatic nitrogens is 3. The molecule has 0 aromatic carbocycles. The molecule has 0 radical (unpaired) electrons. The van der Waals surface area contributed by atoms with Gasteiger partial charge < -0.3 is 10.3 Å². The Bertz CT molecular complexity index is 571. The van der Waals surface area contributed by atoms with Crippen molar-refractivity contribution < 1.29 is 4.79 Å². The van der Waals surface area contributed by atoms with Crippen molar-refractivity contribution in [3.63, 3.8) is 0 Å². The Hall–Kier alpha value is -1.56. The first kappa shape index (κ1) is 14.4. The molecule has 2 aromatic heterocycles. The van der Waals surface area contributed by atoms with E-state index in [2.05, 4.69) is 20.3 Å². The predicted octanol–water partition coefficient (Wildman–Crippen LogP) is 2.89. The number of aromatic amines is 1. The number of nitrogens with one attached hydrogen (secondary N) is 2. The van der Waals surface area contributed by atoms with Gasteiger partial charge in [0.05, 0.1) is 11.3 Å². The Morgan fingerprint density at radius 3 is 2.90 bits per heavy atom. The summed E-state index contributed by atoms with van der Waals surface area (Å²) >= 11 is 1.43. The molecule has 21 heavy (non-hydrogen) atoms. The van der Waals surface area contributed by atoms with Crippen LogP contribution in [-0.4, -0.2) is 32.7 Å². The molecule has 1 aliphatic carbocycles. The van der Waals surface area contributed by atoms with Crippen molar-refractivity contribution in [1.29, 1.82) is 0 Å². The van der Waals surface area contributed by atoms with E-state index in [1.807, 2.05) is 12.1 Å². The van der Waals surface area contributed by atoms with E-state index < -0.39 is 0 Å². The molecule has 1 fully saturated rings. The lowest BCUT2D eigenvalue weighted by Crippen LogP contribution is -2.35. The maximum atomic E-state index is 12.0. The van der Waals surface area contributed by atoms with Crippen LogP contribution in [0.1, 0.15) is 38.5 Å². The van der Waals surface area contributed by atoms with Crippen molar-refractivity contribution in [3.8, 4) is 0 Å². The van der Waals surface area contributed by atoms with Crippen LogP contribution >= 0.6 is 11.8 Å². The van der Waals surface area contributed by atoms with Gasteiger partial charge in [0.1, 0.15) is 0 Å². The summed E-state index contributed by atoms with van der Waals surface area (Å²) < 4.78 is 0. The Morgan fingerprint density at radius 2 is 2.14 bits per heavy atom. The van der Waals surface area contributed by atoms with Gasteiger partial charge in [0.25, 0.3) is 0 Å². The molecule has 6 heteroatoms. The molecule has 0 spiro atoms. The van der Waals surface area contributed by atoms with Crippen LogP contribution in [0.15, 0.2) is 23.5 Å². The van der Waals surface area contributed by atoms with Crippen LogP contribution in [-0.2, 0) is 4.79 Å². The van der Waals surface area contributed by atoms with Gasteiger partial charge in [0.2, 0.25) is 5.91 Å². The molecule has 0 saturated heterocycles. The van der Waals surface area contributed by atoms with Gasteiger partial charge in [-0.05, 0) is 25.0 Å². The average Bonchev–Trinajstić information content (AvgIpc) is 2.74. The molecule has 5 nitrogen and oxygen atoms in total. The first-order chi connectivity index (χ1) is 10.3. The number of rotatable bonds is 4. The quantitative estimate of drug-likeness (QED) is 0.673. The zero-order valence-electron chi connectivity index (χ0n) is 12.0. The van der Waals surface area contributed by atoms with Gasteiger partial charge in [-0.2, -0.15) is 0 Å². The Balaban J connectivity index is 1.50. The van der Waals surface area contributed by atoms with Crippen LogP contribution in [0.25, 0.3) is 11.2 Å². The van der Waals surface area contributed by atoms with Crippen molar-refractivity contribution in [3.05, 3.63) is 18.3 Å². The van der Waals surface area contributed by atoms with E-state index >= 15 is 0 Å². The molecule has 0 unspecified atom stereocenters. The minimum absolute atomic E-state index is 0.0975. The smallest absolute Gasteiger partial charge is 0.230 e. The van der Waals surface area contributed by atoms with E-state index in [0.29, 0.717) is 17.4 Å². The van der Waals surface area contributed by atoms with Crippen molar-refractivity contribution in [1.82, 2.24) is 20.3 Å². The molecule has 1 aliphatic rings. The molecule has 0 atom stereocenters. The highest BCUT2D eigenvalue weighted by Crippen LogP contribution is 2.19. The number of nitrogens with zero attached hydrogens (tertiary/aromatic N) is 2. The van der Waals surface area contributed by atoms with Crippen molar-refractivity contribution in [2.45, 2.75) is 49.7 Å². The van der Waals surface area contributed by atoms with Crippen molar-refractivity contribution in [2.75, 3.05) is 5.75 Å². The summed E-state index contributed by atoms with van der Waals surface area (Å²) in [5.41, 5.74) is 1.60. The Labute approximate surface area is 128 Å². The number of fused-ring (bicyclic) bond motifs is 1. The summed E-state index contributed by atoms with van der Waals surface area (Å²) in [6, 6.07) is 4.16. The topological polar surface area (TPSA) is 70.7 Å². The summed E-state index contributed by atoms with van der Waals surface area (Å²) in [5.74, 6) is 0.497. The second kappa shape index (κ2) is 6.93. The standard InChI is InChI=1S/C15H20N4OS/c20-13(17-11-6-3-1-2-4-7-11)10-21-15-18-12-8-5-9-16-14(12)19-15/h5,8-9,11H,1-4,6-7,10H2,(H,17,20)(H,16,18,19). The van der Waals surface area contributed by atoms with Crippen LogP contribution in [0.4, 0.5) is 0 Å². The van der Waals surface area contributed by atoms with E-state index in [-0.39, 0.29) is 5.91 Å². The molecule has 2 aromatic rings. The third-order valence-electron chi connectivity index (χ3n) is 3.80. The van der Waals surface area contributed by atoms with Gasteiger partial charge in [-0.15, -0.1) is 0 Å². The summed E-state index contributed by atoms with van der Waals surface area (Å²) in [7, 11) is 0. The highest BCUT2D eigenvalue weighted by Gasteiger charge is 2.15. The SMILES string of the molecule is O=C(CSc1nc2ncccc2[nH]1)NC1CCCCCC1. The summed E-state index contributed by atoms with van der Waals surface area (Å²) in [6.07, 6.45) is 9.01. The number of hydrogen-bond donors (Lipinski definition) is 2. The molecule has 0 aliphatic heterocycles. The first-order valence-corrected chi connectivity index (χ1v) is 8.53. The van der Waals surface area contributed by atoms with E-state index in [9.17, 15) is 4.79 Å². The minimum atomic E-state index is 0.0975. The number of carbonyl (C=O) groups excluding carboxylic acids is 1. The van der Waals surface area contributed by atoms with Crippen LogP contribution in [0.2, 0.25) is 0 Å². The number of amides is 1. The lowest BCUT2D eigenvalue weighted by atomic mass is 10.1. The van der Waals surface area contributed by atoms with Crippen LogP contribution < -0.4 is 5.32 Å². The fourth-order valence-corrected chi connectivity index (χ4v) is 3.40. The molecule has 3 rings (SSSR count). The van der Waals surface area contributed by atoms with Crippen molar-refractivity contribution in [2.24, 2.45) is 0 Å². The van der Waals surface area contributed by atoms with Crippen LogP contribution in [0, 0.1) is 0 Å². The monoisotopic (exact) mass is 304 g/mol. The lowest BCUT2D eigenvalue weighted by Gasteiger charge is -2.15. The normalized spacial score (nSPS) is 16.8. The molecular weight excluding hydrogens is 284 g/mol. The zero-order valence-corrected chi connectivity index (χ0v) is 12.8. The number of thioether (sulfide) groups is 1. The van der Waals surface area contributed by atoms with Gasteiger partial charge in [-0.3, -0.25) is 4.79 Å². The maximum Gasteiger partial charge on any atom is 0.230 e. The van der Waals surface area contributed by atoms with Crippen LogP contribution in [0.5, 0.6) is 0 Å². The maximum absolute atomic E-state index is 12.0. The molecule has 0 bridgehead atoms. The highest BCUT2D eigenvalue weighted by molar-refractivity contribution is 7.99. The van der Waals surface area contributed by atoms with Gasteiger partial charge in [0.15, 0.2) is 10.8 Å². The van der Waals surface area contributed by atoms with Gasteiger partial charge in [0, 0.05) is 12.2 Å². The largest absolute Gasteiger partial charge is 0.353 e. The fourth-order valence-electron chi connectivity index (χ4n) is 2.72. The van der Waals surface area contributed by atoms with E-state index in [1.165, 1.54) is 37.4 Å². The molecule has 112 valence electrons. The van der Waals surface area contributed by atoms with E-state index in [0.717, 1.165) is 23.5 Å². The number of carbonyl (C=O) groups is 1. The molecular formula is C15H20N4OS. The highest BCUT2D eigenvalue weighted by atomic mass is 32.2. The van der Waals surface area contributed by atoms with E-state index in [4.69, 9.17) is 0 Å². The summed E-state index contributed by atoms with van der Waals surface area (Å²) in [4.78, 5) is 23.7. The second-order valence-corrected chi connectivity index (χ2v) is 6.43. The minimum Gasteiger partial charge on any atom is -0.353 e. The van der Waals surface area contributed by atoms with Crippen LogP contribution in [0.3, 0.4) is 0 Å². The summed E-state index contributed by atoms with van der Waals surface area (Å²) in [5, 5.41) is 3.90. The lowest BCUT2D eigenvalue weighted by molar-refractivity contribution is -0.119. The Kier molecular flexibility index (Phi) is 4.75. The predicted molar refractivity (Wildman–Crippen MR) is 84.2 cm³/mol. The number of hydrogen-bond acceptors (Lipinski definition) is 4. The molecule has 2 N–H and O–H groups in total. The van der Waals surface area contributed by atoms with Gasteiger partial charge >= 0.3 is 0 Å². The zero-order chi connectivity index (χ0) is 14.5. The second-order valence-electron chi connectivity index (χ2n) is 5.46. The van der Waals surface area contributed by atoms with Gasteiger partial charge in [-0.25, -0.2) is 9.97 Å². The van der Waals surface area contributed by atoms with Gasteiger partial charge in [-0.1, -0.05) is 37.4 Å². The van der Waals surface area contributed by atoms with Crippen molar-refractivity contribution >= 4 is 28.8 Å². The number of imidazole rings is 1. The summed E-state index contributed by atoms with van der Waals surface area (Å²) in [6.45, 7) is 0. The number of H-pyrrole nitrogens is 1. The van der Waals surface area contributed by atoms with E-state index in [1.54, 1.807) is 6.20 Å². The molecule has 1 saturated carbocycles. The Morgan fingerprint density at radius 1 is 1.33 bits per heavy atom. The number of pyridine rings is 1. The average molecular weight is 304 g/mol. The fraction of sp³-hybridized carbons (Fsp3) is 0.533. The third kappa shape index (κ3) is 3.97. The first-order valence-electron chi connectivity index (χ1n) is 7.54. The third-order valence-corrected chi connectivity index (χ3v) is 4.67. The molecule has 1 amide bonds. The molecule has 2 heterocycles.